The molecule has 0 fully saturated rings. The van der Waals surface area contributed by atoms with Gasteiger partial charge in [-0.1, -0.05) is 18.5 Å². The quantitative estimate of drug-likeness (QED) is 0.642. The molecule has 0 saturated carbocycles. The third-order valence-electron chi connectivity index (χ3n) is 4.70. The molecule has 3 aromatic rings. The molecule has 1 atom stereocenters. The van der Waals surface area contributed by atoms with Gasteiger partial charge in [-0.25, -0.2) is 15.0 Å². The van der Waals surface area contributed by atoms with Gasteiger partial charge in [0.05, 0.1) is 28.0 Å². The van der Waals surface area contributed by atoms with E-state index in [1.165, 1.54) is 24.5 Å². The topological polar surface area (TPSA) is 98.3 Å². The molecule has 7 nitrogen and oxygen atoms in total. The van der Waals surface area contributed by atoms with Gasteiger partial charge in [-0.2, -0.15) is 13.2 Å². The molecular formula is C19H17ClF3N7. The number of aliphatic imine (C=N–C) groups is 1. The van der Waals surface area contributed by atoms with E-state index in [9.17, 15) is 13.2 Å². The van der Waals surface area contributed by atoms with Crippen molar-refractivity contribution in [2.45, 2.75) is 25.7 Å². The van der Waals surface area contributed by atoms with Gasteiger partial charge in [0.15, 0.2) is 5.65 Å². The van der Waals surface area contributed by atoms with Crippen LogP contribution in [-0.4, -0.2) is 26.7 Å². The Morgan fingerprint density at radius 2 is 1.90 bits per heavy atom. The lowest BCUT2D eigenvalue weighted by Crippen LogP contribution is -2.53. The fourth-order valence-corrected chi connectivity index (χ4v) is 3.39. The maximum Gasteiger partial charge on any atom is 0.416 e. The Balaban J connectivity index is 1.90. The van der Waals surface area contributed by atoms with Gasteiger partial charge in [0, 0.05) is 18.3 Å². The highest BCUT2D eigenvalue weighted by molar-refractivity contribution is 6.31. The summed E-state index contributed by atoms with van der Waals surface area (Å²) in [5, 5.41) is 0.406. The van der Waals surface area contributed by atoms with Crippen LogP contribution in [0.5, 0.6) is 0 Å². The van der Waals surface area contributed by atoms with E-state index in [0.717, 1.165) is 12.1 Å². The summed E-state index contributed by atoms with van der Waals surface area (Å²) in [6.45, 7) is 1.91. The number of hydrogen-bond donors (Lipinski definition) is 2. The Morgan fingerprint density at radius 1 is 1.20 bits per heavy atom. The van der Waals surface area contributed by atoms with Crippen LogP contribution in [0.25, 0.3) is 11.2 Å². The number of pyridine rings is 1. The summed E-state index contributed by atoms with van der Waals surface area (Å²) in [5.41, 5.74) is 13.2. The Bertz CT molecular complexity index is 1170. The molecule has 1 aliphatic heterocycles. The van der Waals surface area contributed by atoms with Crippen molar-refractivity contribution in [2.75, 3.05) is 4.90 Å². The lowest BCUT2D eigenvalue weighted by atomic mass is 10.1. The van der Waals surface area contributed by atoms with Crippen molar-refractivity contribution in [2.24, 2.45) is 16.5 Å². The lowest BCUT2D eigenvalue weighted by Gasteiger charge is -2.35. The van der Waals surface area contributed by atoms with E-state index in [1.807, 2.05) is 6.92 Å². The Labute approximate surface area is 174 Å². The number of anilines is 1. The SMILES string of the molecule is CCc1nc2ncc(Cl)cc2n1C1=NC=C(N)C(N)N1c1ccc(C(F)(F)F)cc1. The van der Waals surface area contributed by atoms with Gasteiger partial charge in [-0.05, 0) is 30.3 Å². The van der Waals surface area contributed by atoms with Crippen LogP contribution >= 0.6 is 11.6 Å². The molecule has 0 spiro atoms. The van der Waals surface area contributed by atoms with E-state index in [0.29, 0.717) is 40.1 Å². The van der Waals surface area contributed by atoms with E-state index < -0.39 is 17.9 Å². The summed E-state index contributed by atoms with van der Waals surface area (Å²) in [4.78, 5) is 14.7. The fraction of sp³-hybridized carbons (Fsp3) is 0.211. The maximum atomic E-state index is 13.0. The molecule has 4 rings (SSSR count). The second-order valence-corrected chi connectivity index (χ2v) is 7.07. The van der Waals surface area contributed by atoms with Crippen LogP contribution < -0.4 is 16.4 Å². The van der Waals surface area contributed by atoms with E-state index in [4.69, 9.17) is 23.1 Å². The molecule has 11 heteroatoms. The van der Waals surface area contributed by atoms with Gasteiger partial charge in [-0.3, -0.25) is 9.47 Å². The average Bonchev–Trinajstić information content (AvgIpc) is 3.07. The van der Waals surface area contributed by atoms with Crippen molar-refractivity contribution < 1.29 is 13.2 Å². The van der Waals surface area contributed by atoms with Gasteiger partial charge in [0.1, 0.15) is 12.0 Å². The van der Waals surface area contributed by atoms with Gasteiger partial charge < -0.3 is 11.5 Å². The number of rotatable bonds is 2. The number of alkyl halides is 3. The molecule has 1 unspecified atom stereocenters. The average molecular weight is 436 g/mol. The Hall–Kier alpha value is -3.11. The fourth-order valence-electron chi connectivity index (χ4n) is 3.24. The van der Waals surface area contributed by atoms with Crippen molar-refractivity contribution >= 4 is 34.4 Å². The summed E-state index contributed by atoms with van der Waals surface area (Å²) in [5.74, 6) is 0.969. The van der Waals surface area contributed by atoms with Crippen LogP contribution in [0.15, 0.2) is 53.4 Å². The third-order valence-corrected chi connectivity index (χ3v) is 4.91. The maximum absolute atomic E-state index is 13.0. The first-order chi connectivity index (χ1) is 14.2. The molecule has 156 valence electrons. The van der Waals surface area contributed by atoms with Crippen LogP contribution in [0.2, 0.25) is 5.02 Å². The summed E-state index contributed by atoms with van der Waals surface area (Å²) in [6.07, 6.45) is -1.84. The molecule has 0 radical (unpaired) electrons. The Morgan fingerprint density at radius 3 is 2.53 bits per heavy atom. The highest BCUT2D eigenvalue weighted by Gasteiger charge is 2.33. The normalized spacial score (nSPS) is 17.3. The molecule has 0 amide bonds. The van der Waals surface area contributed by atoms with Crippen LogP contribution in [0.4, 0.5) is 18.9 Å². The summed E-state index contributed by atoms with van der Waals surface area (Å²) < 4.78 is 40.7. The first-order valence-electron chi connectivity index (χ1n) is 8.99. The molecule has 4 N–H and O–H groups in total. The van der Waals surface area contributed by atoms with Crippen LogP contribution in [0, 0.1) is 0 Å². The van der Waals surface area contributed by atoms with Crippen LogP contribution in [0.3, 0.4) is 0 Å². The monoisotopic (exact) mass is 435 g/mol. The van der Waals surface area contributed by atoms with Crippen molar-refractivity contribution in [3.05, 3.63) is 64.8 Å². The number of halogens is 4. The van der Waals surface area contributed by atoms with Crippen molar-refractivity contribution in [1.82, 2.24) is 14.5 Å². The molecule has 1 aliphatic rings. The zero-order valence-corrected chi connectivity index (χ0v) is 16.5. The molecule has 2 aromatic heterocycles. The molecule has 3 heterocycles. The minimum Gasteiger partial charge on any atom is -0.398 e. The molecular weight excluding hydrogens is 419 g/mol. The number of hydrogen-bond acceptors (Lipinski definition) is 6. The predicted molar refractivity (Wildman–Crippen MR) is 109 cm³/mol. The highest BCUT2D eigenvalue weighted by Crippen LogP contribution is 2.32. The summed E-state index contributed by atoms with van der Waals surface area (Å²) >= 11 is 6.13. The summed E-state index contributed by atoms with van der Waals surface area (Å²) in [6, 6.07) is 6.31. The number of aromatic nitrogens is 3. The molecule has 1 aromatic carbocycles. The highest BCUT2D eigenvalue weighted by atomic mass is 35.5. The number of benzene rings is 1. The van der Waals surface area contributed by atoms with Crippen molar-refractivity contribution in [3.63, 3.8) is 0 Å². The van der Waals surface area contributed by atoms with E-state index in [1.54, 1.807) is 15.5 Å². The van der Waals surface area contributed by atoms with Crippen molar-refractivity contribution in [3.8, 4) is 0 Å². The first-order valence-corrected chi connectivity index (χ1v) is 9.37. The lowest BCUT2D eigenvalue weighted by molar-refractivity contribution is -0.137. The smallest absolute Gasteiger partial charge is 0.398 e. The van der Waals surface area contributed by atoms with Gasteiger partial charge in [0.2, 0.25) is 5.96 Å². The number of fused-ring (bicyclic) bond motifs is 1. The molecule has 0 bridgehead atoms. The number of aryl methyl sites for hydroxylation is 1. The van der Waals surface area contributed by atoms with Crippen molar-refractivity contribution in [1.29, 1.82) is 0 Å². The first kappa shape index (κ1) is 20.2. The minimum absolute atomic E-state index is 0.261. The number of nitrogens with zero attached hydrogens (tertiary/aromatic N) is 5. The van der Waals surface area contributed by atoms with Gasteiger partial charge >= 0.3 is 6.18 Å². The largest absolute Gasteiger partial charge is 0.416 e. The number of nitrogens with two attached hydrogens (primary N) is 2. The second kappa shape index (κ2) is 7.29. The van der Waals surface area contributed by atoms with Gasteiger partial charge in [0.25, 0.3) is 0 Å². The molecule has 0 saturated heterocycles. The molecule has 0 aliphatic carbocycles. The second-order valence-electron chi connectivity index (χ2n) is 6.63. The third kappa shape index (κ3) is 3.37. The predicted octanol–water partition coefficient (Wildman–Crippen LogP) is 3.48. The summed E-state index contributed by atoms with van der Waals surface area (Å²) in [7, 11) is 0. The van der Waals surface area contributed by atoms with Crippen LogP contribution in [-0.2, 0) is 12.6 Å². The Kier molecular flexibility index (Phi) is 4.91. The van der Waals surface area contributed by atoms with Gasteiger partial charge in [-0.15, -0.1) is 0 Å². The zero-order chi connectivity index (χ0) is 21.6. The van der Waals surface area contributed by atoms with E-state index >= 15 is 0 Å². The standard InChI is InChI=1S/C19H17ClF3N7/c1-2-15-28-17-14(7-11(20)8-26-17)30(15)18-27-9-13(24)16(25)29(18)12-5-3-10(4-6-12)19(21,22)23/h3-9,16H,2,24-25H2,1H3. The minimum atomic E-state index is -4.45. The van der Waals surface area contributed by atoms with E-state index in [2.05, 4.69) is 15.0 Å². The van der Waals surface area contributed by atoms with Crippen LogP contribution in [0.1, 0.15) is 18.3 Å². The number of imidazole rings is 1. The molecule has 30 heavy (non-hydrogen) atoms. The van der Waals surface area contributed by atoms with E-state index in [-0.39, 0.29) is 5.70 Å². The zero-order valence-electron chi connectivity index (χ0n) is 15.7.